The molecule has 0 spiro atoms. The molecule has 4 rings (SSSR count). The number of likely N-dealkylation sites (tertiary alicyclic amines) is 1. The van der Waals surface area contributed by atoms with Crippen molar-refractivity contribution in [2.75, 3.05) is 13.7 Å². The minimum absolute atomic E-state index is 0.0262. The molecule has 196 valence electrons. The molecule has 2 heterocycles. The molecule has 0 bridgehead atoms. The van der Waals surface area contributed by atoms with E-state index >= 15 is 0 Å². The van der Waals surface area contributed by atoms with Crippen molar-refractivity contribution in [2.24, 2.45) is 5.92 Å². The fourth-order valence-corrected chi connectivity index (χ4v) is 5.08. The summed E-state index contributed by atoms with van der Waals surface area (Å²) in [5.74, 6) is -1.24. The number of rotatable bonds is 6. The third-order valence-electron chi connectivity index (χ3n) is 6.53. The number of ether oxygens (including phenoxy) is 3. The number of nitrogens with zero attached hydrogens (tertiary/aromatic N) is 1. The first-order valence-electron chi connectivity index (χ1n) is 12.3. The van der Waals surface area contributed by atoms with Crippen LogP contribution in [-0.4, -0.2) is 48.4 Å². The highest BCUT2D eigenvalue weighted by atomic mass is 35.5. The van der Waals surface area contributed by atoms with E-state index in [1.54, 1.807) is 4.90 Å². The van der Waals surface area contributed by atoms with Crippen molar-refractivity contribution in [3.05, 3.63) is 70.2 Å². The quantitative estimate of drug-likeness (QED) is 0.397. The SMILES string of the molecule is CCC(C(=O)OC)N1C(=O)C(CC2COC(C)(C)O2)CCC1c1ccc(Cl)cc1.Clc1ccccc1. The van der Waals surface area contributed by atoms with E-state index in [0.29, 0.717) is 24.5 Å². The number of halogens is 2. The van der Waals surface area contributed by atoms with Gasteiger partial charge in [-0.1, -0.05) is 60.5 Å². The maximum atomic E-state index is 13.5. The van der Waals surface area contributed by atoms with Crippen LogP contribution in [0.3, 0.4) is 0 Å². The summed E-state index contributed by atoms with van der Waals surface area (Å²) in [4.78, 5) is 27.7. The zero-order valence-corrected chi connectivity index (χ0v) is 22.8. The van der Waals surface area contributed by atoms with E-state index in [4.69, 9.17) is 37.4 Å². The Morgan fingerprint density at radius 3 is 2.22 bits per heavy atom. The molecule has 2 fully saturated rings. The number of esters is 1. The molecule has 2 saturated heterocycles. The Balaban J connectivity index is 0.000000444. The lowest BCUT2D eigenvalue weighted by atomic mass is 9.84. The highest BCUT2D eigenvalue weighted by molar-refractivity contribution is 6.30. The van der Waals surface area contributed by atoms with E-state index in [0.717, 1.165) is 23.4 Å². The van der Waals surface area contributed by atoms with E-state index in [2.05, 4.69) is 0 Å². The molecule has 0 radical (unpaired) electrons. The standard InChI is InChI=1S/C22H30ClNO5.C6H5Cl/c1-5-18(21(26)27-4)24-19(14-6-9-16(23)10-7-14)11-8-15(20(24)25)12-17-13-28-22(2,3)29-17;7-6-4-2-1-3-5-6/h6-7,9-10,15,17-19H,5,8,11-13H2,1-4H3;1-5H. The predicted octanol–water partition coefficient (Wildman–Crippen LogP) is 6.45. The van der Waals surface area contributed by atoms with Crippen molar-refractivity contribution in [1.29, 1.82) is 0 Å². The predicted molar refractivity (Wildman–Crippen MR) is 141 cm³/mol. The zero-order chi connectivity index (χ0) is 26.3. The number of carbonyl (C=O) groups is 2. The van der Waals surface area contributed by atoms with Gasteiger partial charge in [0.25, 0.3) is 0 Å². The van der Waals surface area contributed by atoms with Crippen molar-refractivity contribution >= 4 is 35.1 Å². The van der Waals surface area contributed by atoms with Crippen LogP contribution in [0.15, 0.2) is 54.6 Å². The van der Waals surface area contributed by atoms with Gasteiger partial charge < -0.3 is 19.1 Å². The van der Waals surface area contributed by atoms with Gasteiger partial charge in [-0.3, -0.25) is 4.79 Å². The Kier molecular flexibility index (Phi) is 10.2. The molecule has 4 unspecified atom stereocenters. The van der Waals surface area contributed by atoms with E-state index < -0.39 is 11.8 Å². The number of carbonyl (C=O) groups excluding carboxylic acids is 2. The zero-order valence-electron chi connectivity index (χ0n) is 21.3. The van der Waals surface area contributed by atoms with Gasteiger partial charge in [-0.05, 0) is 69.4 Å². The van der Waals surface area contributed by atoms with E-state index in [9.17, 15) is 9.59 Å². The van der Waals surface area contributed by atoms with Gasteiger partial charge in [0.05, 0.1) is 25.9 Å². The molecule has 36 heavy (non-hydrogen) atoms. The van der Waals surface area contributed by atoms with Crippen LogP contribution in [0.25, 0.3) is 0 Å². The molecule has 2 aliphatic rings. The number of hydrogen-bond acceptors (Lipinski definition) is 5. The maximum Gasteiger partial charge on any atom is 0.328 e. The topological polar surface area (TPSA) is 65.1 Å². The van der Waals surface area contributed by atoms with Crippen LogP contribution in [0.2, 0.25) is 10.0 Å². The third-order valence-corrected chi connectivity index (χ3v) is 7.03. The number of methoxy groups -OCH3 is 1. The second kappa shape index (κ2) is 12.9. The van der Waals surface area contributed by atoms with Crippen LogP contribution in [0.4, 0.5) is 0 Å². The van der Waals surface area contributed by atoms with E-state index in [-0.39, 0.29) is 29.9 Å². The van der Waals surface area contributed by atoms with Gasteiger partial charge in [0, 0.05) is 16.0 Å². The van der Waals surface area contributed by atoms with Gasteiger partial charge >= 0.3 is 5.97 Å². The highest BCUT2D eigenvalue weighted by Crippen LogP contribution is 2.39. The molecule has 2 aliphatic heterocycles. The summed E-state index contributed by atoms with van der Waals surface area (Å²) in [6, 6.07) is 16.1. The molecule has 8 heteroatoms. The summed E-state index contributed by atoms with van der Waals surface area (Å²) in [6.07, 6.45) is 2.46. The number of hydrogen-bond donors (Lipinski definition) is 0. The largest absolute Gasteiger partial charge is 0.467 e. The van der Waals surface area contributed by atoms with Crippen LogP contribution >= 0.6 is 23.2 Å². The highest BCUT2D eigenvalue weighted by Gasteiger charge is 2.44. The summed E-state index contributed by atoms with van der Waals surface area (Å²) < 4.78 is 16.6. The molecular formula is C28H35Cl2NO5. The molecule has 4 atom stereocenters. The fourth-order valence-electron chi connectivity index (χ4n) is 4.81. The summed E-state index contributed by atoms with van der Waals surface area (Å²) in [5.41, 5.74) is 0.977. The summed E-state index contributed by atoms with van der Waals surface area (Å²) in [5, 5.41) is 1.43. The van der Waals surface area contributed by atoms with Crippen molar-refractivity contribution in [2.45, 2.75) is 70.4 Å². The van der Waals surface area contributed by atoms with Gasteiger partial charge in [0.2, 0.25) is 5.91 Å². The lowest BCUT2D eigenvalue weighted by Crippen LogP contribution is -2.52. The number of piperidine rings is 1. The molecule has 0 saturated carbocycles. The lowest BCUT2D eigenvalue weighted by molar-refractivity contribution is -0.162. The second-order valence-electron chi connectivity index (χ2n) is 9.52. The molecule has 2 aromatic rings. The second-order valence-corrected chi connectivity index (χ2v) is 10.4. The number of amides is 1. The van der Waals surface area contributed by atoms with Crippen LogP contribution in [0, 0.1) is 5.92 Å². The molecule has 6 nitrogen and oxygen atoms in total. The lowest BCUT2D eigenvalue weighted by Gasteiger charge is -2.43. The van der Waals surface area contributed by atoms with Gasteiger partial charge in [-0.2, -0.15) is 0 Å². The molecule has 0 aliphatic carbocycles. The molecular weight excluding hydrogens is 501 g/mol. The first-order chi connectivity index (χ1) is 17.1. The average Bonchev–Trinajstić information content (AvgIpc) is 3.21. The Labute approximate surface area is 223 Å². The Hall–Kier alpha value is -2.12. The number of benzene rings is 2. The van der Waals surface area contributed by atoms with Crippen LogP contribution in [0.1, 0.15) is 58.1 Å². The van der Waals surface area contributed by atoms with Crippen molar-refractivity contribution in [1.82, 2.24) is 4.90 Å². The maximum absolute atomic E-state index is 13.5. The molecule has 2 aromatic carbocycles. The molecule has 1 amide bonds. The van der Waals surface area contributed by atoms with E-state index in [1.807, 2.05) is 75.4 Å². The van der Waals surface area contributed by atoms with Crippen LogP contribution in [0.5, 0.6) is 0 Å². The Bertz CT molecular complexity index is 999. The minimum atomic E-state index is -0.619. The Morgan fingerprint density at radius 2 is 1.72 bits per heavy atom. The van der Waals surface area contributed by atoms with Gasteiger partial charge in [-0.15, -0.1) is 0 Å². The average molecular weight is 536 g/mol. The minimum Gasteiger partial charge on any atom is -0.467 e. The van der Waals surface area contributed by atoms with Gasteiger partial charge in [0.15, 0.2) is 5.79 Å². The fraction of sp³-hybridized carbons (Fsp3) is 0.500. The van der Waals surface area contributed by atoms with Crippen molar-refractivity contribution < 1.29 is 23.8 Å². The summed E-state index contributed by atoms with van der Waals surface area (Å²) >= 11 is 11.6. The monoisotopic (exact) mass is 535 g/mol. The van der Waals surface area contributed by atoms with Crippen molar-refractivity contribution in [3.8, 4) is 0 Å². The van der Waals surface area contributed by atoms with Crippen LogP contribution < -0.4 is 0 Å². The third kappa shape index (κ3) is 7.45. The molecule has 0 aromatic heterocycles. The normalized spacial score (nSPS) is 24.0. The Morgan fingerprint density at radius 1 is 1.08 bits per heavy atom. The van der Waals surface area contributed by atoms with Crippen LogP contribution in [-0.2, 0) is 23.8 Å². The summed E-state index contributed by atoms with van der Waals surface area (Å²) in [7, 11) is 1.36. The van der Waals surface area contributed by atoms with Gasteiger partial charge in [0.1, 0.15) is 6.04 Å². The smallest absolute Gasteiger partial charge is 0.328 e. The first-order valence-corrected chi connectivity index (χ1v) is 13.1. The van der Waals surface area contributed by atoms with Gasteiger partial charge in [-0.25, -0.2) is 4.79 Å². The summed E-state index contributed by atoms with van der Waals surface area (Å²) in [6.45, 7) is 6.13. The molecule has 0 N–H and O–H groups in total. The first kappa shape index (κ1) is 28.5. The van der Waals surface area contributed by atoms with Crippen molar-refractivity contribution in [3.63, 3.8) is 0 Å². The van der Waals surface area contributed by atoms with E-state index in [1.165, 1.54) is 7.11 Å².